The Morgan fingerprint density at radius 3 is 1.32 bits per heavy atom. The molecule has 2 aliphatic heterocycles. The van der Waals surface area contributed by atoms with Crippen molar-refractivity contribution in [2.45, 2.75) is 140 Å². The average molecular weight is 767 g/mol. The van der Waals surface area contributed by atoms with Crippen LogP contribution in [0.4, 0.5) is 5.69 Å². The highest BCUT2D eigenvalue weighted by Gasteiger charge is 2.91. The Balaban J connectivity index is 2.02. The Kier molecular flexibility index (Phi) is 8.90. The normalized spacial score (nSPS) is 20.2. The summed E-state index contributed by atoms with van der Waals surface area (Å²) in [6.45, 7) is 46.8. The minimum absolute atomic E-state index is 0.135. The van der Waals surface area contributed by atoms with Gasteiger partial charge in [-0.1, -0.05) is 179 Å². The zero-order chi connectivity index (χ0) is 37.3. The second-order valence-electron chi connectivity index (χ2n) is 21.3. The SMILES string of the molecule is Cc1cccc(C)c1N1/C(=[Si](/c2c3ccccc3cc3ccccc23)C(C)(C)C)[Si]12C([Si](C)(C)C)([Si](C)(C)C)CCC2([Si](C)(C)C)[Si](C)(C)C. The van der Waals surface area contributed by atoms with Crippen molar-refractivity contribution in [2.24, 2.45) is 0 Å². The van der Waals surface area contributed by atoms with E-state index in [0.717, 1.165) is 0 Å². The Morgan fingerprint density at radius 1 is 0.580 bits per heavy atom. The van der Waals surface area contributed by atoms with Crippen molar-refractivity contribution >= 4 is 86.3 Å². The molecule has 0 bridgehead atoms. The third-order valence-corrected chi connectivity index (χ3v) is 57.4. The summed E-state index contributed by atoms with van der Waals surface area (Å²) < 4.78 is 4.30. The van der Waals surface area contributed by atoms with Gasteiger partial charge in [-0.2, -0.15) is 0 Å². The molecule has 6 rings (SSSR count). The van der Waals surface area contributed by atoms with Crippen LogP contribution in [0.25, 0.3) is 21.5 Å². The highest BCUT2D eigenvalue weighted by Crippen LogP contribution is 2.82. The molecule has 268 valence electrons. The molecule has 2 heterocycles. The van der Waals surface area contributed by atoms with Gasteiger partial charge in [0, 0.05) is 42.9 Å². The van der Waals surface area contributed by atoms with Crippen molar-refractivity contribution in [3.05, 3.63) is 83.9 Å². The maximum Gasteiger partial charge on any atom is 0.205 e. The molecular formula is C43H67NSi6. The van der Waals surface area contributed by atoms with Crippen LogP contribution in [-0.2, 0) is 0 Å². The van der Waals surface area contributed by atoms with E-state index in [-0.39, 0.29) is 5.04 Å². The molecular weight excluding hydrogens is 699 g/mol. The lowest BCUT2D eigenvalue weighted by Gasteiger charge is -2.60. The fourth-order valence-electron chi connectivity index (χ4n) is 12.9. The van der Waals surface area contributed by atoms with E-state index in [4.69, 9.17) is 0 Å². The van der Waals surface area contributed by atoms with Crippen molar-refractivity contribution < 1.29 is 0 Å². The summed E-state index contributed by atoms with van der Waals surface area (Å²) in [5, 5.41) is 7.69. The van der Waals surface area contributed by atoms with E-state index in [1.807, 2.05) is 4.92 Å². The van der Waals surface area contributed by atoms with Gasteiger partial charge in [-0.15, -0.1) is 0 Å². The number of para-hydroxylation sites is 1. The molecule has 4 aromatic carbocycles. The topological polar surface area (TPSA) is 3.01 Å². The molecule has 1 nitrogen and oxygen atoms in total. The predicted molar refractivity (Wildman–Crippen MR) is 244 cm³/mol. The summed E-state index contributed by atoms with van der Waals surface area (Å²) in [5.74, 6) is 0. The van der Waals surface area contributed by atoms with Crippen molar-refractivity contribution in [2.75, 3.05) is 4.57 Å². The monoisotopic (exact) mass is 765 g/mol. The van der Waals surface area contributed by atoms with Gasteiger partial charge in [0.15, 0.2) is 0 Å². The summed E-state index contributed by atoms with van der Waals surface area (Å²) in [5.41, 5.74) is 4.61. The molecule has 2 aliphatic rings. The minimum Gasteiger partial charge on any atom is -0.371 e. The summed E-state index contributed by atoms with van der Waals surface area (Å²) in [6, 6.07) is 28.6. The summed E-state index contributed by atoms with van der Waals surface area (Å²) in [6.07, 6.45) is 2.94. The van der Waals surface area contributed by atoms with E-state index in [9.17, 15) is 0 Å². The number of anilines is 1. The Labute approximate surface area is 312 Å². The fraction of sp³-hybridized carbons (Fsp3) is 0.512. The maximum absolute atomic E-state index is 3.35. The molecule has 0 saturated carbocycles. The highest BCUT2D eigenvalue weighted by molar-refractivity contribution is 7.52. The molecule has 4 aromatic rings. The van der Waals surface area contributed by atoms with Gasteiger partial charge < -0.3 is 4.57 Å². The zero-order valence-electron chi connectivity index (χ0n) is 34.8. The van der Waals surface area contributed by atoms with Crippen molar-refractivity contribution in [3.8, 4) is 0 Å². The van der Waals surface area contributed by atoms with Crippen LogP contribution in [0.2, 0.25) is 92.2 Å². The summed E-state index contributed by atoms with van der Waals surface area (Å²) >= 11 is 0. The molecule has 0 aromatic heterocycles. The number of rotatable bonds is 6. The van der Waals surface area contributed by atoms with Crippen LogP contribution in [0.1, 0.15) is 44.7 Å². The quantitative estimate of drug-likeness (QED) is 0.107. The van der Waals surface area contributed by atoms with Gasteiger partial charge in [0.05, 0.1) is 8.41 Å². The molecule has 7 heteroatoms. The third-order valence-electron chi connectivity index (χ3n) is 13.8. The Bertz CT molecular complexity index is 1880. The molecule has 0 radical (unpaired) electrons. The first-order valence-corrected chi connectivity index (χ1v) is 36.8. The number of benzene rings is 4. The smallest absolute Gasteiger partial charge is 0.205 e. The fourth-order valence-corrected chi connectivity index (χ4v) is 73.3. The zero-order valence-corrected chi connectivity index (χ0v) is 40.8. The molecule has 2 saturated heterocycles. The summed E-state index contributed by atoms with van der Waals surface area (Å²) in [7, 11) is -10.8. The maximum atomic E-state index is 3.35. The van der Waals surface area contributed by atoms with Gasteiger partial charge in [0.25, 0.3) is 0 Å². The van der Waals surface area contributed by atoms with Gasteiger partial charge in [-0.3, -0.25) is 0 Å². The molecule has 0 unspecified atom stereocenters. The number of hydrogen-bond donors (Lipinski definition) is 0. The van der Waals surface area contributed by atoms with E-state index in [2.05, 4.69) is 191 Å². The average Bonchev–Trinajstić information content (AvgIpc) is 3.42. The molecule has 0 N–H and O–H groups in total. The van der Waals surface area contributed by atoms with Gasteiger partial charge in [0.1, 0.15) is 0 Å². The number of hydrogen-bond acceptors (Lipinski definition) is 1. The van der Waals surface area contributed by atoms with Crippen LogP contribution in [0.5, 0.6) is 0 Å². The van der Waals surface area contributed by atoms with Gasteiger partial charge in [-0.05, 0) is 71.4 Å². The summed E-state index contributed by atoms with van der Waals surface area (Å²) in [4.78, 5) is 2.04. The molecule has 0 atom stereocenters. The van der Waals surface area contributed by atoms with Gasteiger partial charge in [-0.25, -0.2) is 0 Å². The number of fused-ring (bicyclic) bond motifs is 2. The highest BCUT2D eigenvalue weighted by atomic mass is 28.5. The van der Waals surface area contributed by atoms with E-state index in [1.165, 1.54) is 45.5 Å². The van der Waals surface area contributed by atoms with Crippen LogP contribution in [0, 0.1) is 13.8 Å². The van der Waals surface area contributed by atoms with Crippen molar-refractivity contribution in [1.29, 1.82) is 0 Å². The predicted octanol–water partition coefficient (Wildman–Crippen LogP) is 12.6. The molecule has 0 aliphatic carbocycles. The van der Waals surface area contributed by atoms with Crippen LogP contribution in [0.3, 0.4) is 0 Å². The van der Waals surface area contributed by atoms with E-state index in [1.54, 1.807) is 10.9 Å². The second-order valence-corrected chi connectivity index (χ2v) is 53.5. The lowest BCUT2D eigenvalue weighted by atomic mass is 10.0. The Hall–Kier alpha value is -1.63. The molecule has 50 heavy (non-hydrogen) atoms. The van der Waals surface area contributed by atoms with Crippen LogP contribution < -0.4 is 9.75 Å². The Morgan fingerprint density at radius 2 is 0.960 bits per heavy atom. The standard InChI is InChI=1S/C43H67NSi6/c1-32-23-22-24-33(2)38(32)44-40(45(41(3,4)5)39-36-27-20-18-25-34(36)31-35-26-19-21-28-37(35)39)50(44)42(46(6,7)8,47(9,10)11)29-30-43(50,48(12,13)14)49(15,16)17/h18-28,31H,29-30H2,1-17H3/b45-40+. The largest absolute Gasteiger partial charge is 0.371 e. The third kappa shape index (κ3) is 4.91. The van der Waals surface area contributed by atoms with Gasteiger partial charge >= 0.3 is 0 Å². The lowest BCUT2D eigenvalue weighted by molar-refractivity contribution is 0.756. The first-order valence-electron chi connectivity index (χ1n) is 19.4. The first-order chi connectivity index (χ1) is 22.8. The molecule has 1 spiro atoms. The molecule has 0 amide bonds. The lowest BCUT2D eigenvalue weighted by Crippen LogP contribution is -2.73. The van der Waals surface area contributed by atoms with E-state index < -0.39 is 48.9 Å². The van der Waals surface area contributed by atoms with E-state index in [0.29, 0.717) is 8.57 Å². The number of nitrogens with zero attached hydrogens (tertiary/aromatic N) is 1. The second kappa shape index (κ2) is 11.7. The van der Waals surface area contributed by atoms with Crippen LogP contribution >= 0.6 is 0 Å². The van der Waals surface area contributed by atoms with Crippen LogP contribution in [0.15, 0.2) is 72.8 Å². The number of aryl methyl sites for hydroxylation is 2. The van der Waals surface area contributed by atoms with E-state index >= 15 is 0 Å². The first kappa shape index (κ1) is 38.1. The van der Waals surface area contributed by atoms with Crippen LogP contribution in [-0.4, -0.2) is 53.9 Å². The van der Waals surface area contributed by atoms with Crippen molar-refractivity contribution in [3.63, 3.8) is 0 Å². The van der Waals surface area contributed by atoms with Crippen molar-refractivity contribution in [1.82, 2.24) is 0 Å². The minimum atomic E-state index is -2.44. The molecule has 2 fully saturated rings. The van der Waals surface area contributed by atoms with Gasteiger partial charge in [0.2, 0.25) is 8.24 Å².